The maximum Gasteiger partial charge on any atom is 0.0553 e. The molecule has 1 aromatic rings. The summed E-state index contributed by atoms with van der Waals surface area (Å²) in [5, 5.41) is 0. The third kappa shape index (κ3) is 3.39. The average Bonchev–Trinajstić information content (AvgIpc) is 2.35. The summed E-state index contributed by atoms with van der Waals surface area (Å²) >= 11 is 1.88. The molecule has 2 N–H and O–H groups in total. The molecule has 0 radical (unpaired) electrons. The Hall–Kier alpha value is -0.740. The first-order chi connectivity index (χ1) is 7.72. The van der Waals surface area contributed by atoms with Gasteiger partial charge in [0.05, 0.1) is 17.6 Å². The molecule has 0 saturated heterocycles. The van der Waals surface area contributed by atoms with Crippen LogP contribution in [0.5, 0.6) is 0 Å². The van der Waals surface area contributed by atoms with Gasteiger partial charge in [0.25, 0.3) is 0 Å². The summed E-state index contributed by atoms with van der Waals surface area (Å²) in [7, 11) is 2.13. The second-order valence-electron chi connectivity index (χ2n) is 3.84. The third-order valence-corrected chi connectivity index (χ3v) is 3.52. The zero-order chi connectivity index (χ0) is 12.0. The lowest BCUT2D eigenvalue weighted by Gasteiger charge is -2.28. The summed E-state index contributed by atoms with van der Waals surface area (Å²) in [4.78, 5) is 6.62. The molecular weight excluding hydrogens is 218 g/mol. The Morgan fingerprint density at radius 3 is 2.69 bits per heavy atom. The van der Waals surface area contributed by atoms with E-state index in [-0.39, 0.29) is 0 Å². The maximum atomic E-state index is 5.53. The molecule has 0 bridgehead atoms. The molecular formula is C12H21N3S. The van der Waals surface area contributed by atoms with Crippen molar-refractivity contribution in [2.45, 2.75) is 25.9 Å². The molecule has 0 amide bonds. The predicted octanol–water partition coefficient (Wildman–Crippen LogP) is 2.12. The minimum atomic E-state index is 0.506. The van der Waals surface area contributed by atoms with Gasteiger partial charge in [-0.2, -0.15) is 11.8 Å². The Balaban J connectivity index is 2.73. The molecule has 3 nitrogen and oxygen atoms in total. The van der Waals surface area contributed by atoms with Gasteiger partial charge in [-0.05, 0) is 24.8 Å². The topological polar surface area (TPSA) is 42.1 Å². The van der Waals surface area contributed by atoms with E-state index in [2.05, 4.69) is 36.2 Å². The molecule has 0 aliphatic heterocycles. The lowest BCUT2D eigenvalue weighted by Crippen LogP contribution is -2.33. The van der Waals surface area contributed by atoms with Crippen molar-refractivity contribution in [3.8, 4) is 0 Å². The summed E-state index contributed by atoms with van der Waals surface area (Å²) < 4.78 is 0. The zero-order valence-corrected chi connectivity index (χ0v) is 11.1. The fourth-order valence-corrected chi connectivity index (χ4v) is 2.50. The van der Waals surface area contributed by atoms with E-state index < -0.39 is 0 Å². The van der Waals surface area contributed by atoms with E-state index in [9.17, 15) is 0 Å². The number of aromatic nitrogens is 1. The zero-order valence-electron chi connectivity index (χ0n) is 10.3. The summed E-state index contributed by atoms with van der Waals surface area (Å²) in [6.45, 7) is 2.73. The second kappa shape index (κ2) is 6.76. The molecule has 0 aromatic carbocycles. The Kier molecular flexibility index (Phi) is 5.63. The van der Waals surface area contributed by atoms with Gasteiger partial charge in [0.15, 0.2) is 0 Å². The van der Waals surface area contributed by atoms with Gasteiger partial charge < -0.3 is 10.6 Å². The van der Waals surface area contributed by atoms with E-state index >= 15 is 0 Å². The molecule has 1 heterocycles. The second-order valence-corrected chi connectivity index (χ2v) is 4.75. The highest BCUT2D eigenvalue weighted by atomic mass is 32.2. The molecule has 1 aromatic heterocycles. The van der Waals surface area contributed by atoms with Crippen molar-refractivity contribution < 1.29 is 0 Å². The van der Waals surface area contributed by atoms with Crippen molar-refractivity contribution in [1.29, 1.82) is 0 Å². The predicted molar refractivity (Wildman–Crippen MR) is 73.0 cm³/mol. The number of rotatable bonds is 6. The van der Waals surface area contributed by atoms with E-state index in [1.165, 1.54) is 0 Å². The number of nitrogens with zero attached hydrogens (tertiary/aromatic N) is 2. The van der Waals surface area contributed by atoms with Crippen molar-refractivity contribution in [1.82, 2.24) is 4.98 Å². The molecule has 0 spiro atoms. The van der Waals surface area contributed by atoms with E-state index in [0.29, 0.717) is 12.6 Å². The van der Waals surface area contributed by atoms with Crippen molar-refractivity contribution in [2.24, 2.45) is 5.73 Å². The summed E-state index contributed by atoms with van der Waals surface area (Å²) in [5.74, 6) is 1.14. The van der Waals surface area contributed by atoms with Crippen LogP contribution < -0.4 is 10.6 Å². The third-order valence-electron chi connectivity index (χ3n) is 2.80. The first-order valence-electron chi connectivity index (χ1n) is 5.59. The van der Waals surface area contributed by atoms with Gasteiger partial charge in [0.1, 0.15) is 0 Å². The summed E-state index contributed by atoms with van der Waals surface area (Å²) in [5.41, 5.74) is 7.64. The highest BCUT2D eigenvalue weighted by molar-refractivity contribution is 7.98. The number of thioether (sulfide) groups is 1. The first kappa shape index (κ1) is 13.3. The smallest absolute Gasteiger partial charge is 0.0553 e. The van der Waals surface area contributed by atoms with Gasteiger partial charge in [0, 0.05) is 25.4 Å². The molecule has 0 aliphatic rings. The van der Waals surface area contributed by atoms with Crippen LogP contribution in [0, 0.1) is 0 Å². The van der Waals surface area contributed by atoms with E-state index in [4.69, 9.17) is 5.73 Å². The van der Waals surface area contributed by atoms with Gasteiger partial charge in [-0.1, -0.05) is 6.92 Å². The van der Waals surface area contributed by atoms with Crippen LogP contribution in [0.25, 0.3) is 0 Å². The van der Waals surface area contributed by atoms with Gasteiger partial charge in [-0.3, -0.25) is 4.98 Å². The highest BCUT2D eigenvalue weighted by Gasteiger charge is 2.12. The molecule has 0 saturated carbocycles. The minimum Gasteiger partial charge on any atom is -0.370 e. The molecule has 90 valence electrons. The minimum absolute atomic E-state index is 0.506. The van der Waals surface area contributed by atoms with Crippen molar-refractivity contribution in [2.75, 3.05) is 24.0 Å². The first-order valence-corrected chi connectivity index (χ1v) is 6.99. The Morgan fingerprint density at radius 1 is 1.50 bits per heavy atom. The van der Waals surface area contributed by atoms with E-state index in [1.807, 2.05) is 24.0 Å². The van der Waals surface area contributed by atoms with Crippen LogP contribution in [0.2, 0.25) is 0 Å². The highest BCUT2D eigenvalue weighted by Crippen LogP contribution is 2.18. The monoisotopic (exact) mass is 239 g/mol. The van der Waals surface area contributed by atoms with Crippen molar-refractivity contribution >= 4 is 17.4 Å². The van der Waals surface area contributed by atoms with Crippen molar-refractivity contribution in [3.05, 3.63) is 24.0 Å². The standard InChI is InChI=1S/C12H21N3S/c1-4-11(9-16-3)15(2)12-6-5-10(7-13)14-8-12/h5-6,8,11H,4,7,9,13H2,1-3H3. The largest absolute Gasteiger partial charge is 0.370 e. The summed E-state index contributed by atoms with van der Waals surface area (Å²) in [6, 6.07) is 4.66. The average molecular weight is 239 g/mol. The van der Waals surface area contributed by atoms with Crippen molar-refractivity contribution in [3.63, 3.8) is 0 Å². The van der Waals surface area contributed by atoms with Crippen LogP contribution in [0.4, 0.5) is 5.69 Å². The Morgan fingerprint density at radius 2 is 2.25 bits per heavy atom. The van der Waals surface area contributed by atoms with Gasteiger partial charge in [-0.15, -0.1) is 0 Å². The lowest BCUT2D eigenvalue weighted by molar-refractivity contribution is 0.672. The van der Waals surface area contributed by atoms with Gasteiger partial charge >= 0.3 is 0 Å². The van der Waals surface area contributed by atoms with Gasteiger partial charge in [0.2, 0.25) is 0 Å². The van der Waals surface area contributed by atoms with Crippen LogP contribution in [-0.2, 0) is 6.54 Å². The molecule has 0 fully saturated rings. The Bertz CT molecular complexity index is 300. The van der Waals surface area contributed by atoms with Crippen LogP contribution in [-0.4, -0.2) is 30.1 Å². The van der Waals surface area contributed by atoms with Crippen LogP contribution in [0.15, 0.2) is 18.3 Å². The van der Waals surface area contributed by atoms with Crippen LogP contribution in [0.1, 0.15) is 19.0 Å². The van der Waals surface area contributed by atoms with E-state index in [1.54, 1.807) is 0 Å². The molecule has 1 rings (SSSR count). The van der Waals surface area contributed by atoms with E-state index in [0.717, 1.165) is 23.6 Å². The summed E-state index contributed by atoms with van der Waals surface area (Å²) in [6.07, 6.45) is 5.20. The fourth-order valence-electron chi connectivity index (χ4n) is 1.65. The Labute approximate surface area is 102 Å². The number of hydrogen-bond donors (Lipinski definition) is 1. The molecule has 4 heteroatoms. The molecule has 16 heavy (non-hydrogen) atoms. The fraction of sp³-hybridized carbons (Fsp3) is 0.583. The quantitative estimate of drug-likeness (QED) is 0.825. The normalized spacial score (nSPS) is 12.5. The lowest BCUT2D eigenvalue weighted by atomic mass is 10.2. The SMILES string of the molecule is CCC(CSC)N(C)c1ccc(CN)nc1. The number of pyridine rings is 1. The molecule has 1 atom stereocenters. The van der Waals surface area contributed by atoms with Gasteiger partial charge in [-0.25, -0.2) is 0 Å². The number of anilines is 1. The molecule has 0 aliphatic carbocycles. The maximum absolute atomic E-state index is 5.53. The number of hydrogen-bond acceptors (Lipinski definition) is 4. The molecule has 1 unspecified atom stereocenters. The number of nitrogens with two attached hydrogens (primary N) is 1. The van der Waals surface area contributed by atoms with Crippen LogP contribution in [0.3, 0.4) is 0 Å². The van der Waals surface area contributed by atoms with Crippen LogP contribution >= 0.6 is 11.8 Å².